The Balaban J connectivity index is 1.71. The van der Waals surface area contributed by atoms with Gasteiger partial charge in [0.25, 0.3) is 5.91 Å². The molecule has 3 aromatic carbocycles. The van der Waals surface area contributed by atoms with Crippen LogP contribution in [0.2, 0.25) is 0 Å². The minimum atomic E-state index is -0.163. The molecular formula is C26H28BrNO2. The van der Waals surface area contributed by atoms with Crippen LogP contribution in [-0.2, 0) is 4.79 Å². The molecule has 0 saturated carbocycles. The molecular weight excluding hydrogens is 438 g/mol. The molecule has 30 heavy (non-hydrogen) atoms. The van der Waals surface area contributed by atoms with Crippen molar-refractivity contribution in [3.8, 4) is 16.9 Å². The van der Waals surface area contributed by atoms with Gasteiger partial charge in [-0.3, -0.25) is 4.79 Å². The molecule has 0 aliphatic heterocycles. The van der Waals surface area contributed by atoms with E-state index >= 15 is 0 Å². The van der Waals surface area contributed by atoms with Crippen molar-refractivity contribution >= 4 is 27.5 Å². The monoisotopic (exact) mass is 465 g/mol. The van der Waals surface area contributed by atoms with Crippen LogP contribution in [0.3, 0.4) is 0 Å². The fourth-order valence-corrected chi connectivity index (χ4v) is 3.94. The third-order valence-electron chi connectivity index (χ3n) is 5.04. The van der Waals surface area contributed by atoms with Gasteiger partial charge in [-0.25, -0.2) is 0 Å². The number of benzene rings is 3. The summed E-state index contributed by atoms with van der Waals surface area (Å²) < 4.78 is 6.62. The summed E-state index contributed by atoms with van der Waals surface area (Å²) in [7, 11) is 0. The number of nitrogens with one attached hydrogen (secondary N) is 1. The van der Waals surface area contributed by atoms with Gasteiger partial charge in [0, 0.05) is 5.69 Å². The highest BCUT2D eigenvalue weighted by Gasteiger charge is 2.16. The first-order valence-electron chi connectivity index (χ1n) is 10.3. The Bertz CT molecular complexity index is 987. The van der Waals surface area contributed by atoms with Crippen LogP contribution in [0.5, 0.6) is 5.75 Å². The summed E-state index contributed by atoms with van der Waals surface area (Å²) in [6.45, 7) is 8.50. The van der Waals surface area contributed by atoms with Gasteiger partial charge in [0.2, 0.25) is 0 Å². The van der Waals surface area contributed by atoms with E-state index in [2.05, 4.69) is 79.3 Å². The second-order valence-electron chi connectivity index (χ2n) is 7.97. The average Bonchev–Trinajstić information content (AvgIpc) is 2.73. The van der Waals surface area contributed by atoms with Gasteiger partial charge in [-0.05, 0) is 62.2 Å². The summed E-state index contributed by atoms with van der Waals surface area (Å²) in [5, 5.41) is 3.09. The van der Waals surface area contributed by atoms with Crippen LogP contribution in [0.4, 0.5) is 5.69 Å². The molecule has 0 atom stereocenters. The van der Waals surface area contributed by atoms with E-state index in [0.717, 1.165) is 32.4 Å². The number of hydrogen-bond acceptors (Lipinski definition) is 2. The van der Waals surface area contributed by atoms with E-state index in [0.29, 0.717) is 17.6 Å². The second-order valence-corrected chi connectivity index (χ2v) is 8.82. The first-order chi connectivity index (χ1) is 14.4. The number of para-hydroxylation sites is 1. The predicted octanol–water partition coefficient (Wildman–Crippen LogP) is 7.38. The lowest BCUT2D eigenvalue weighted by molar-refractivity contribution is -0.118. The molecule has 0 spiro atoms. The van der Waals surface area contributed by atoms with Gasteiger partial charge in [0.1, 0.15) is 5.75 Å². The second kappa shape index (κ2) is 9.94. The van der Waals surface area contributed by atoms with Crippen LogP contribution in [0, 0.1) is 0 Å². The Kier molecular flexibility index (Phi) is 7.33. The van der Waals surface area contributed by atoms with Crippen molar-refractivity contribution in [2.24, 2.45) is 0 Å². The molecule has 0 bridgehead atoms. The van der Waals surface area contributed by atoms with E-state index in [1.165, 1.54) is 0 Å². The normalized spacial score (nSPS) is 11.0. The fourth-order valence-electron chi connectivity index (χ4n) is 3.44. The Morgan fingerprint density at radius 2 is 1.50 bits per heavy atom. The van der Waals surface area contributed by atoms with Crippen molar-refractivity contribution < 1.29 is 9.53 Å². The smallest absolute Gasteiger partial charge is 0.262 e. The summed E-state index contributed by atoms with van der Waals surface area (Å²) in [6, 6.07) is 22.3. The summed E-state index contributed by atoms with van der Waals surface area (Å²) in [4.78, 5) is 12.7. The fraction of sp³-hybridized carbons (Fsp3) is 0.269. The van der Waals surface area contributed by atoms with Gasteiger partial charge in [0.05, 0.1) is 4.47 Å². The summed E-state index contributed by atoms with van der Waals surface area (Å²) in [5.74, 6) is 1.12. The van der Waals surface area contributed by atoms with Crippen molar-refractivity contribution in [2.45, 2.75) is 39.5 Å². The van der Waals surface area contributed by atoms with Crippen LogP contribution < -0.4 is 10.1 Å². The van der Waals surface area contributed by atoms with Gasteiger partial charge in [-0.1, -0.05) is 82.3 Å². The standard InChI is InChI=1S/C26H28BrNO2/c1-17(2)21-11-8-12-22(18(3)4)26(21)28-25(29)16-30-24-14-13-20(15-23(24)27)19-9-6-5-7-10-19/h5-15,17-18H,16H2,1-4H3,(H,28,29). The number of amides is 1. The molecule has 0 saturated heterocycles. The van der Waals surface area contributed by atoms with Gasteiger partial charge < -0.3 is 10.1 Å². The van der Waals surface area contributed by atoms with Gasteiger partial charge in [0.15, 0.2) is 6.61 Å². The molecule has 0 aromatic heterocycles. The molecule has 0 aliphatic rings. The van der Waals surface area contributed by atoms with E-state index in [-0.39, 0.29) is 12.5 Å². The van der Waals surface area contributed by atoms with Crippen LogP contribution in [0.1, 0.15) is 50.7 Å². The molecule has 3 aromatic rings. The molecule has 0 fully saturated rings. The topological polar surface area (TPSA) is 38.3 Å². The number of carbonyl (C=O) groups excluding carboxylic acids is 1. The Labute approximate surface area is 187 Å². The minimum Gasteiger partial charge on any atom is -0.483 e. The van der Waals surface area contributed by atoms with Gasteiger partial charge in [-0.15, -0.1) is 0 Å². The minimum absolute atomic E-state index is 0.0484. The van der Waals surface area contributed by atoms with Crippen LogP contribution in [0.15, 0.2) is 71.2 Å². The van der Waals surface area contributed by atoms with Gasteiger partial charge >= 0.3 is 0 Å². The van der Waals surface area contributed by atoms with E-state index in [1.807, 2.05) is 36.4 Å². The molecule has 156 valence electrons. The maximum atomic E-state index is 12.7. The third-order valence-corrected chi connectivity index (χ3v) is 5.65. The van der Waals surface area contributed by atoms with E-state index in [9.17, 15) is 4.79 Å². The molecule has 0 aliphatic carbocycles. The van der Waals surface area contributed by atoms with E-state index in [1.54, 1.807) is 0 Å². The van der Waals surface area contributed by atoms with Gasteiger partial charge in [-0.2, -0.15) is 0 Å². The van der Waals surface area contributed by atoms with Crippen molar-refractivity contribution in [3.05, 3.63) is 82.3 Å². The zero-order chi connectivity index (χ0) is 21.7. The first-order valence-corrected chi connectivity index (χ1v) is 11.1. The van der Waals surface area contributed by atoms with Crippen LogP contribution in [-0.4, -0.2) is 12.5 Å². The summed E-state index contributed by atoms with van der Waals surface area (Å²) in [5.41, 5.74) is 5.42. The summed E-state index contributed by atoms with van der Waals surface area (Å²) >= 11 is 3.57. The number of carbonyl (C=O) groups is 1. The molecule has 1 N–H and O–H groups in total. The zero-order valence-electron chi connectivity index (χ0n) is 17.9. The van der Waals surface area contributed by atoms with Crippen molar-refractivity contribution in [1.82, 2.24) is 0 Å². The van der Waals surface area contributed by atoms with E-state index in [4.69, 9.17) is 4.74 Å². The van der Waals surface area contributed by atoms with Crippen molar-refractivity contribution in [3.63, 3.8) is 0 Å². The first kappa shape index (κ1) is 22.1. The number of halogens is 1. The van der Waals surface area contributed by atoms with Crippen molar-refractivity contribution in [1.29, 1.82) is 0 Å². The largest absolute Gasteiger partial charge is 0.483 e. The number of hydrogen-bond donors (Lipinski definition) is 1. The maximum absolute atomic E-state index is 12.7. The lowest BCUT2D eigenvalue weighted by Gasteiger charge is -2.20. The maximum Gasteiger partial charge on any atom is 0.262 e. The molecule has 1 amide bonds. The highest BCUT2D eigenvalue weighted by Crippen LogP contribution is 2.33. The predicted molar refractivity (Wildman–Crippen MR) is 128 cm³/mol. The molecule has 0 unspecified atom stereocenters. The third kappa shape index (κ3) is 5.31. The molecule has 0 radical (unpaired) electrons. The molecule has 4 heteroatoms. The zero-order valence-corrected chi connectivity index (χ0v) is 19.5. The van der Waals surface area contributed by atoms with Crippen LogP contribution in [0.25, 0.3) is 11.1 Å². The Morgan fingerprint density at radius 3 is 2.07 bits per heavy atom. The average molecular weight is 466 g/mol. The highest BCUT2D eigenvalue weighted by atomic mass is 79.9. The summed E-state index contributed by atoms with van der Waals surface area (Å²) in [6.07, 6.45) is 0. The molecule has 0 heterocycles. The highest BCUT2D eigenvalue weighted by molar-refractivity contribution is 9.10. The molecule has 3 rings (SSSR count). The lowest BCUT2D eigenvalue weighted by Crippen LogP contribution is -2.22. The Hall–Kier alpha value is -2.59. The quantitative estimate of drug-likeness (QED) is 0.395. The van der Waals surface area contributed by atoms with E-state index < -0.39 is 0 Å². The van der Waals surface area contributed by atoms with Crippen LogP contribution >= 0.6 is 15.9 Å². The SMILES string of the molecule is CC(C)c1cccc(C(C)C)c1NC(=O)COc1ccc(-c2ccccc2)cc1Br. The lowest BCUT2D eigenvalue weighted by atomic mass is 9.92. The molecule has 3 nitrogen and oxygen atoms in total. The number of ether oxygens (including phenoxy) is 1. The van der Waals surface area contributed by atoms with Crippen molar-refractivity contribution in [2.75, 3.05) is 11.9 Å². The number of anilines is 1. The Morgan fingerprint density at radius 1 is 0.867 bits per heavy atom. The number of rotatable bonds is 7.